The van der Waals surface area contributed by atoms with Gasteiger partial charge in [0.15, 0.2) is 15.6 Å². The first-order chi connectivity index (χ1) is 8.15. The van der Waals surface area contributed by atoms with Gasteiger partial charge in [0, 0.05) is 5.56 Å². The van der Waals surface area contributed by atoms with Gasteiger partial charge in [-0.3, -0.25) is 4.79 Å². The molecule has 102 valence electrons. The van der Waals surface area contributed by atoms with Gasteiger partial charge in [0.1, 0.15) is 10.1 Å². The molecule has 0 aliphatic carbocycles. The summed E-state index contributed by atoms with van der Waals surface area (Å²) >= 11 is 12.6. The fourth-order valence-electron chi connectivity index (χ4n) is 1.34. The fourth-order valence-corrected chi connectivity index (χ4v) is 4.45. The molecule has 0 N–H and O–H groups in total. The smallest absolute Gasteiger partial charge is 0.180 e. The highest BCUT2D eigenvalue weighted by Gasteiger charge is 2.28. The Morgan fingerprint density at radius 3 is 2.28 bits per heavy atom. The van der Waals surface area contributed by atoms with Gasteiger partial charge < -0.3 is 0 Å². The van der Waals surface area contributed by atoms with E-state index in [4.69, 9.17) is 23.2 Å². The third-order valence-corrected chi connectivity index (χ3v) is 6.62. The summed E-state index contributed by atoms with van der Waals surface area (Å²) in [6.45, 7) is 5.22. The highest BCUT2D eigenvalue weighted by atomic mass is 35.5. The predicted molar refractivity (Wildman–Crippen MR) is 76.8 cm³/mol. The van der Waals surface area contributed by atoms with Crippen LogP contribution in [0.4, 0.5) is 0 Å². The maximum absolute atomic E-state index is 12.0. The molecule has 1 aromatic heterocycles. The molecule has 1 unspecified atom stereocenters. The molecule has 0 bridgehead atoms. The van der Waals surface area contributed by atoms with E-state index >= 15 is 0 Å². The molecule has 0 amide bonds. The minimum Gasteiger partial charge on any atom is -0.293 e. The molecule has 0 aliphatic heterocycles. The minimum atomic E-state index is -3.46. The highest BCUT2D eigenvalue weighted by molar-refractivity contribution is 7.92. The zero-order valence-electron chi connectivity index (χ0n) is 10.2. The van der Waals surface area contributed by atoms with Crippen molar-refractivity contribution >= 4 is 50.2 Å². The predicted octanol–water partition coefficient (Wildman–Crippen LogP) is 3.70. The summed E-state index contributed by atoms with van der Waals surface area (Å²) in [5.41, 5.74) is 0.186. The van der Waals surface area contributed by atoms with E-state index < -0.39 is 26.6 Å². The number of thiophene rings is 1. The summed E-state index contributed by atoms with van der Waals surface area (Å²) in [6, 6.07) is 1.41. The number of hydrogen-bond donors (Lipinski definition) is 0. The summed E-state index contributed by atoms with van der Waals surface area (Å²) in [7, 11) is -3.46. The molecular formula is C11H14Cl2O3S2. The first-order valence-electron chi connectivity index (χ1n) is 5.34. The molecule has 0 aromatic carbocycles. The molecule has 18 heavy (non-hydrogen) atoms. The van der Waals surface area contributed by atoms with Crippen LogP contribution in [0.3, 0.4) is 0 Å². The topological polar surface area (TPSA) is 51.2 Å². The lowest BCUT2D eigenvalue weighted by Gasteiger charge is -2.15. The lowest BCUT2D eigenvalue weighted by molar-refractivity contribution is 0.102. The van der Waals surface area contributed by atoms with Gasteiger partial charge in [0.05, 0.1) is 9.59 Å². The van der Waals surface area contributed by atoms with Crippen molar-refractivity contribution in [2.45, 2.75) is 26.0 Å². The number of carbonyl (C=O) groups excluding carboxylic acids is 1. The number of Topliss-reactive ketones (excluding diaryl/α,β-unsaturated/α-hetero) is 1. The quantitative estimate of drug-likeness (QED) is 0.774. The van der Waals surface area contributed by atoms with Crippen LogP contribution in [-0.2, 0) is 9.84 Å². The van der Waals surface area contributed by atoms with Crippen LogP contribution in [0.2, 0.25) is 8.67 Å². The number of carbonyl (C=O) groups is 1. The minimum absolute atomic E-state index is 0.0377. The average Bonchev–Trinajstić information content (AvgIpc) is 2.55. The zero-order chi connectivity index (χ0) is 14.1. The third-order valence-electron chi connectivity index (χ3n) is 2.79. The number of rotatable bonds is 5. The monoisotopic (exact) mass is 328 g/mol. The molecule has 1 aromatic rings. The Morgan fingerprint density at radius 1 is 1.33 bits per heavy atom. The van der Waals surface area contributed by atoms with E-state index in [-0.39, 0.29) is 15.8 Å². The number of ketones is 1. The molecule has 0 saturated heterocycles. The summed E-state index contributed by atoms with van der Waals surface area (Å²) in [4.78, 5) is 11.9. The lowest BCUT2D eigenvalue weighted by Crippen LogP contribution is -2.29. The van der Waals surface area contributed by atoms with Crippen molar-refractivity contribution in [2.75, 3.05) is 5.75 Å². The molecule has 1 rings (SSSR count). The standard InChI is InChI=1S/C11H14Cl2O3S2/c1-6(2)7(3)18(15,16)5-9(14)8-4-10(12)17-11(8)13/h4,6-7H,5H2,1-3H3. The SMILES string of the molecule is CC(C)C(C)S(=O)(=O)CC(=O)c1cc(Cl)sc1Cl. The Bertz CT molecular complexity index is 547. The van der Waals surface area contributed by atoms with Gasteiger partial charge in [-0.05, 0) is 18.9 Å². The number of halogens is 2. The first kappa shape index (κ1) is 16.0. The van der Waals surface area contributed by atoms with Crippen LogP contribution in [0, 0.1) is 5.92 Å². The normalized spacial score (nSPS) is 13.9. The second-order valence-electron chi connectivity index (χ2n) is 4.42. The maximum Gasteiger partial charge on any atom is 0.180 e. The second-order valence-corrected chi connectivity index (χ2v) is 9.06. The van der Waals surface area contributed by atoms with Crippen molar-refractivity contribution in [3.05, 3.63) is 20.3 Å². The van der Waals surface area contributed by atoms with Gasteiger partial charge in [0.2, 0.25) is 0 Å². The Kier molecular flexibility index (Phi) is 5.23. The van der Waals surface area contributed by atoms with Crippen LogP contribution < -0.4 is 0 Å². The molecule has 1 atom stereocenters. The van der Waals surface area contributed by atoms with Crippen LogP contribution in [-0.4, -0.2) is 25.2 Å². The largest absolute Gasteiger partial charge is 0.293 e. The number of sulfone groups is 1. The van der Waals surface area contributed by atoms with Crippen molar-refractivity contribution in [3.63, 3.8) is 0 Å². The zero-order valence-corrected chi connectivity index (χ0v) is 13.4. The molecule has 0 radical (unpaired) electrons. The van der Waals surface area contributed by atoms with E-state index in [0.717, 1.165) is 11.3 Å². The second kappa shape index (κ2) is 5.90. The molecule has 1 heterocycles. The first-order valence-corrected chi connectivity index (χ1v) is 8.63. The van der Waals surface area contributed by atoms with Crippen LogP contribution in [0.15, 0.2) is 6.07 Å². The summed E-state index contributed by atoms with van der Waals surface area (Å²) in [6.07, 6.45) is 0. The Hall–Kier alpha value is -0.100. The average molecular weight is 329 g/mol. The van der Waals surface area contributed by atoms with Crippen molar-refractivity contribution in [3.8, 4) is 0 Å². The maximum atomic E-state index is 12.0. The fraction of sp³-hybridized carbons (Fsp3) is 0.545. The highest BCUT2D eigenvalue weighted by Crippen LogP contribution is 2.31. The Balaban J connectivity index is 2.92. The third kappa shape index (κ3) is 3.70. The van der Waals surface area contributed by atoms with Gasteiger partial charge in [-0.25, -0.2) is 8.42 Å². The van der Waals surface area contributed by atoms with Crippen molar-refractivity contribution < 1.29 is 13.2 Å². The van der Waals surface area contributed by atoms with E-state index in [2.05, 4.69) is 0 Å². The summed E-state index contributed by atoms with van der Waals surface area (Å²) in [5, 5.41) is -0.561. The van der Waals surface area contributed by atoms with Gasteiger partial charge in [0.25, 0.3) is 0 Å². The van der Waals surface area contributed by atoms with Crippen molar-refractivity contribution in [1.82, 2.24) is 0 Å². The summed E-state index contributed by atoms with van der Waals surface area (Å²) in [5.74, 6) is -1.07. The van der Waals surface area contributed by atoms with Gasteiger partial charge >= 0.3 is 0 Å². The van der Waals surface area contributed by atoms with Gasteiger partial charge in [-0.2, -0.15) is 0 Å². The number of hydrogen-bond acceptors (Lipinski definition) is 4. The molecule has 0 aliphatic rings. The Morgan fingerprint density at radius 2 is 1.89 bits per heavy atom. The Labute approximate surface area is 121 Å². The molecule has 0 fully saturated rings. The molecular weight excluding hydrogens is 315 g/mol. The van der Waals surface area contributed by atoms with Crippen LogP contribution in [0.25, 0.3) is 0 Å². The lowest BCUT2D eigenvalue weighted by atomic mass is 10.2. The summed E-state index contributed by atoms with van der Waals surface area (Å²) < 4.78 is 24.6. The molecule has 7 heteroatoms. The van der Waals surface area contributed by atoms with Gasteiger partial charge in [-0.1, -0.05) is 37.0 Å². The van der Waals surface area contributed by atoms with Crippen molar-refractivity contribution in [2.24, 2.45) is 5.92 Å². The van der Waals surface area contributed by atoms with Crippen LogP contribution in [0.1, 0.15) is 31.1 Å². The van der Waals surface area contributed by atoms with E-state index in [9.17, 15) is 13.2 Å². The van der Waals surface area contributed by atoms with Crippen LogP contribution in [0.5, 0.6) is 0 Å². The molecule has 3 nitrogen and oxygen atoms in total. The van der Waals surface area contributed by atoms with Crippen LogP contribution >= 0.6 is 34.5 Å². The molecule has 0 saturated carbocycles. The van der Waals surface area contributed by atoms with E-state index in [1.807, 2.05) is 0 Å². The van der Waals surface area contributed by atoms with E-state index in [0.29, 0.717) is 4.34 Å². The van der Waals surface area contributed by atoms with Crippen molar-refractivity contribution in [1.29, 1.82) is 0 Å². The van der Waals surface area contributed by atoms with E-state index in [1.165, 1.54) is 6.07 Å². The van der Waals surface area contributed by atoms with E-state index in [1.54, 1.807) is 20.8 Å². The van der Waals surface area contributed by atoms with Gasteiger partial charge in [-0.15, -0.1) is 11.3 Å². The molecule has 0 spiro atoms.